The van der Waals surface area contributed by atoms with Crippen molar-refractivity contribution in [1.82, 2.24) is 25.1 Å². The summed E-state index contributed by atoms with van der Waals surface area (Å²) in [5, 5.41) is 10.1. The fourth-order valence-electron chi connectivity index (χ4n) is 3.92. The van der Waals surface area contributed by atoms with Crippen molar-refractivity contribution < 1.29 is 14.3 Å². The molecule has 1 aliphatic carbocycles. The normalized spacial score (nSPS) is 21.4. The largest absolute Gasteiger partial charge is 0.382 e. The van der Waals surface area contributed by atoms with Crippen molar-refractivity contribution in [2.75, 3.05) is 24.3 Å². The van der Waals surface area contributed by atoms with Crippen LogP contribution in [0.4, 0.5) is 11.5 Å². The molecule has 3 aromatic rings. The molecule has 0 radical (unpaired) electrons. The number of carbonyl (C=O) groups is 2. The fraction of sp³-hybridized carbons (Fsp3) is 0.286. The number of nitrogens with two attached hydrogens (primary N) is 1. The van der Waals surface area contributed by atoms with Crippen LogP contribution >= 0.6 is 0 Å². The lowest BCUT2D eigenvalue weighted by molar-refractivity contribution is 0.0928. The summed E-state index contributed by atoms with van der Waals surface area (Å²) < 4.78 is 7.04. The van der Waals surface area contributed by atoms with E-state index in [9.17, 15) is 9.59 Å². The van der Waals surface area contributed by atoms with Crippen molar-refractivity contribution in [3.8, 4) is 0 Å². The van der Waals surface area contributed by atoms with Gasteiger partial charge in [0.05, 0.1) is 31.6 Å². The molecule has 1 saturated carbocycles. The molecule has 0 bridgehead atoms. The molecule has 1 aromatic carbocycles. The predicted molar refractivity (Wildman–Crippen MR) is 111 cm³/mol. The maximum absolute atomic E-state index is 12.6. The third kappa shape index (κ3) is 3.97. The van der Waals surface area contributed by atoms with Crippen molar-refractivity contribution >= 4 is 23.3 Å². The molecule has 10 heteroatoms. The van der Waals surface area contributed by atoms with Crippen LogP contribution in [0.2, 0.25) is 0 Å². The zero-order chi connectivity index (χ0) is 21.4. The number of nitrogen functional groups attached to an aromatic ring is 1. The number of aromatic nitrogens is 4. The monoisotopic (exact) mass is 419 g/mol. The number of nitrogens with zero attached hydrogens (tertiary/aromatic N) is 4. The molecule has 0 spiro atoms. The van der Waals surface area contributed by atoms with Crippen LogP contribution in [0.1, 0.15) is 26.4 Å². The number of rotatable bonds is 6. The minimum atomic E-state index is -0.459. The Hall–Kier alpha value is -3.79. The first-order chi connectivity index (χ1) is 15.1. The Bertz CT molecular complexity index is 1140. The Morgan fingerprint density at radius 2 is 1.97 bits per heavy atom. The number of hydrogen-bond acceptors (Lipinski definition) is 7. The first-order valence-electron chi connectivity index (χ1n) is 9.96. The first-order valence-corrected chi connectivity index (χ1v) is 9.96. The van der Waals surface area contributed by atoms with Gasteiger partial charge in [-0.25, -0.2) is 9.97 Å². The Morgan fingerprint density at radius 1 is 1.16 bits per heavy atom. The molecule has 158 valence electrons. The quantitative estimate of drug-likeness (QED) is 0.540. The van der Waals surface area contributed by atoms with Gasteiger partial charge in [0.2, 0.25) is 0 Å². The molecule has 2 aromatic heterocycles. The fourth-order valence-corrected chi connectivity index (χ4v) is 3.92. The summed E-state index contributed by atoms with van der Waals surface area (Å²) in [6, 6.07) is 7.66. The lowest BCUT2D eigenvalue weighted by Crippen LogP contribution is -2.29. The van der Waals surface area contributed by atoms with Crippen LogP contribution in [-0.2, 0) is 11.3 Å². The number of hydrogen-bond donors (Lipinski definition) is 3. The molecule has 31 heavy (non-hydrogen) atoms. The van der Waals surface area contributed by atoms with E-state index in [0.29, 0.717) is 29.6 Å². The Balaban J connectivity index is 1.21. The molecule has 4 N–H and O–H groups in total. The van der Waals surface area contributed by atoms with Gasteiger partial charge in [0.25, 0.3) is 11.8 Å². The molecule has 2 atom stereocenters. The van der Waals surface area contributed by atoms with Crippen molar-refractivity contribution in [2.45, 2.75) is 12.6 Å². The van der Waals surface area contributed by atoms with E-state index < -0.39 is 5.91 Å². The number of nitrogens with one attached hydrogen (secondary N) is 2. The van der Waals surface area contributed by atoms with Crippen LogP contribution in [0.5, 0.6) is 0 Å². The Kier molecular flexibility index (Phi) is 4.83. The molecule has 2 fully saturated rings. The van der Waals surface area contributed by atoms with Gasteiger partial charge in [0, 0.05) is 42.0 Å². The maximum atomic E-state index is 12.6. The van der Waals surface area contributed by atoms with Gasteiger partial charge in [-0.15, -0.1) is 0 Å². The molecule has 2 unspecified atom stereocenters. The second-order valence-corrected chi connectivity index (χ2v) is 7.74. The molecule has 2 amide bonds. The van der Waals surface area contributed by atoms with E-state index >= 15 is 0 Å². The van der Waals surface area contributed by atoms with E-state index in [1.807, 2.05) is 18.2 Å². The third-order valence-corrected chi connectivity index (χ3v) is 5.62. The summed E-state index contributed by atoms with van der Waals surface area (Å²) in [5.41, 5.74) is 7.78. The van der Waals surface area contributed by atoms with Crippen LogP contribution in [0, 0.1) is 11.8 Å². The highest BCUT2D eigenvalue weighted by Gasteiger charge is 2.54. The number of carbonyl (C=O) groups excluding carboxylic acids is 2. The van der Waals surface area contributed by atoms with Crippen LogP contribution in [0.15, 0.2) is 49.1 Å². The second kappa shape index (κ2) is 7.80. The zero-order valence-corrected chi connectivity index (χ0v) is 16.6. The third-order valence-electron chi connectivity index (χ3n) is 5.62. The van der Waals surface area contributed by atoms with E-state index in [1.54, 1.807) is 16.9 Å². The number of anilines is 2. The van der Waals surface area contributed by atoms with Crippen LogP contribution in [0.25, 0.3) is 0 Å². The molecule has 5 rings (SSSR count). The van der Waals surface area contributed by atoms with Gasteiger partial charge in [0.15, 0.2) is 11.5 Å². The van der Waals surface area contributed by atoms with Gasteiger partial charge in [-0.05, 0) is 17.7 Å². The number of benzene rings is 1. The summed E-state index contributed by atoms with van der Waals surface area (Å²) in [5.74, 6) is 0.448. The summed E-state index contributed by atoms with van der Waals surface area (Å²) in [6.07, 6.45) is 6.06. The van der Waals surface area contributed by atoms with E-state index in [1.165, 1.54) is 18.6 Å². The van der Waals surface area contributed by atoms with Gasteiger partial charge in [0.1, 0.15) is 0 Å². The molecule has 2 aliphatic rings. The van der Waals surface area contributed by atoms with E-state index in [0.717, 1.165) is 18.8 Å². The van der Waals surface area contributed by atoms with Crippen molar-refractivity contribution in [1.29, 1.82) is 0 Å². The Morgan fingerprint density at radius 3 is 2.77 bits per heavy atom. The zero-order valence-electron chi connectivity index (χ0n) is 16.6. The molecule has 1 aliphatic heterocycles. The molecule has 10 nitrogen and oxygen atoms in total. The molecular formula is C21H21N7O3. The average molecular weight is 419 g/mol. The van der Waals surface area contributed by atoms with Crippen molar-refractivity contribution in [3.63, 3.8) is 0 Å². The minimum absolute atomic E-state index is 0.0559. The summed E-state index contributed by atoms with van der Waals surface area (Å²) in [6.45, 7) is 1.92. The molecular weight excluding hydrogens is 398 g/mol. The van der Waals surface area contributed by atoms with Gasteiger partial charge in [-0.2, -0.15) is 5.10 Å². The average Bonchev–Trinajstić information content (AvgIpc) is 3.12. The van der Waals surface area contributed by atoms with E-state index in [4.69, 9.17) is 10.5 Å². The summed E-state index contributed by atoms with van der Waals surface area (Å²) in [7, 11) is 0. The smallest absolute Gasteiger partial charge is 0.278 e. The highest BCUT2D eigenvalue weighted by atomic mass is 16.5. The van der Waals surface area contributed by atoms with Gasteiger partial charge < -0.3 is 21.1 Å². The minimum Gasteiger partial charge on any atom is -0.382 e. The van der Waals surface area contributed by atoms with Gasteiger partial charge in [-0.3, -0.25) is 14.3 Å². The lowest BCUT2D eigenvalue weighted by atomic mass is 10.1. The van der Waals surface area contributed by atoms with E-state index in [-0.39, 0.29) is 23.5 Å². The lowest BCUT2D eigenvalue weighted by Gasteiger charge is -2.09. The molecule has 1 saturated heterocycles. The van der Waals surface area contributed by atoms with Gasteiger partial charge in [-0.1, -0.05) is 12.1 Å². The summed E-state index contributed by atoms with van der Waals surface area (Å²) in [4.78, 5) is 32.7. The topological polar surface area (TPSA) is 137 Å². The number of fused-ring (bicyclic) bond motifs is 1. The van der Waals surface area contributed by atoms with Crippen LogP contribution in [0.3, 0.4) is 0 Å². The van der Waals surface area contributed by atoms with Crippen LogP contribution < -0.4 is 16.4 Å². The van der Waals surface area contributed by atoms with E-state index in [2.05, 4.69) is 25.7 Å². The highest BCUT2D eigenvalue weighted by molar-refractivity contribution is 6.05. The number of amides is 2. The summed E-state index contributed by atoms with van der Waals surface area (Å²) >= 11 is 0. The maximum Gasteiger partial charge on any atom is 0.278 e. The standard InChI is InChI=1S/C21H21N7O3/c22-19-18(23-4-5-24-19)21(30)26-14-7-25-28(9-14)8-12-2-1-3-13(6-12)20(29)27-17-15-10-31-11-16(15)17/h1-7,9,15-17H,8,10-11H2,(H2,22,24)(H,26,30)(H,27,29). The second-order valence-electron chi connectivity index (χ2n) is 7.74. The van der Waals surface area contributed by atoms with Crippen LogP contribution in [-0.4, -0.2) is 50.8 Å². The predicted octanol–water partition coefficient (Wildman–Crippen LogP) is 0.930. The highest BCUT2D eigenvalue weighted by Crippen LogP contribution is 2.44. The van der Waals surface area contributed by atoms with Crippen molar-refractivity contribution in [3.05, 3.63) is 65.9 Å². The van der Waals surface area contributed by atoms with Crippen molar-refractivity contribution in [2.24, 2.45) is 11.8 Å². The van der Waals surface area contributed by atoms with Gasteiger partial charge >= 0.3 is 0 Å². The first kappa shape index (κ1) is 19.2. The molecule has 3 heterocycles. The number of ether oxygens (including phenoxy) is 1. The SMILES string of the molecule is Nc1nccnc1C(=O)Nc1cnn(Cc2cccc(C(=O)NC3C4COCC43)c2)c1. The Labute approximate surface area is 177 Å².